The van der Waals surface area contributed by atoms with Crippen molar-refractivity contribution in [2.75, 3.05) is 13.1 Å². The van der Waals surface area contributed by atoms with Crippen LogP contribution < -0.4 is 5.32 Å². The molecule has 1 aliphatic carbocycles. The zero-order valence-electron chi connectivity index (χ0n) is 18.2. The zero-order valence-corrected chi connectivity index (χ0v) is 19.0. The molecular formula is C25H32N2O2S. The third kappa shape index (κ3) is 4.46. The van der Waals surface area contributed by atoms with Crippen LogP contribution >= 0.6 is 11.3 Å². The van der Waals surface area contributed by atoms with E-state index in [1.807, 2.05) is 18.7 Å². The maximum absolute atomic E-state index is 13.3. The highest BCUT2D eigenvalue weighted by atomic mass is 32.1. The molecule has 1 saturated heterocycles. The van der Waals surface area contributed by atoms with Crippen molar-refractivity contribution in [1.29, 1.82) is 0 Å². The number of amides is 2. The Kier molecular flexibility index (Phi) is 6.01. The van der Waals surface area contributed by atoms with Crippen molar-refractivity contribution < 1.29 is 9.59 Å². The number of carbonyl (C=O) groups is 2. The molecule has 5 heteroatoms. The van der Waals surface area contributed by atoms with Gasteiger partial charge in [0.05, 0.1) is 5.41 Å². The van der Waals surface area contributed by atoms with Gasteiger partial charge >= 0.3 is 0 Å². The van der Waals surface area contributed by atoms with Crippen molar-refractivity contribution >= 4 is 23.2 Å². The molecular weight excluding hydrogens is 392 g/mol. The Labute approximate surface area is 183 Å². The quantitative estimate of drug-likeness (QED) is 0.728. The van der Waals surface area contributed by atoms with Crippen molar-refractivity contribution in [2.45, 2.75) is 52.5 Å². The first-order valence-corrected chi connectivity index (χ1v) is 12.0. The van der Waals surface area contributed by atoms with E-state index in [4.69, 9.17) is 0 Å². The Morgan fingerprint density at radius 2 is 1.93 bits per heavy atom. The van der Waals surface area contributed by atoms with E-state index in [0.717, 1.165) is 19.3 Å². The lowest BCUT2D eigenvalue weighted by Gasteiger charge is -2.41. The molecule has 2 heterocycles. The van der Waals surface area contributed by atoms with Crippen LogP contribution in [0.25, 0.3) is 10.4 Å². The van der Waals surface area contributed by atoms with E-state index in [2.05, 4.69) is 54.0 Å². The average Bonchev–Trinajstić information content (AvgIpc) is 3.21. The largest absolute Gasteiger partial charge is 0.353 e. The Morgan fingerprint density at radius 1 is 1.20 bits per heavy atom. The van der Waals surface area contributed by atoms with Gasteiger partial charge in [-0.3, -0.25) is 9.59 Å². The number of hydrogen-bond acceptors (Lipinski definition) is 3. The second kappa shape index (κ2) is 8.54. The highest BCUT2D eigenvalue weighted by Gasteiger charge is 2.46. The summed E-state index contributed by atoms with van der Waals surface area (Å²) in [6.07, 6.45) is 3.18. The van der Waals surface area contributed by atoms with E-state index in [1.165, 1.54) is 16.0 Å². The molecule has 30 heavy (non-hydrogen) atoms. The number of nitrogens with zero attached hydrogens (tertiary/aromatic N) is 1. The summed E-state index contributed by atoms with van der Waals surface area (Å²) in [6.45, 7) is 7.52. The normalized spacial score (nSPS) is 22.7. The van der Waals surface area contributed by atoms with E-state index < -0.39 is 5.41 Å². The van der Waals surface area contributed by atoms with Gasteiger partial charge in [-0.2, -0.15) is 0 Å². The van der Waals surface area contributed by atoms with Crippen molar-refractivity contribution in [3.63, 3.8) is 0 Å². The number of carbonyl (C=O) groups excluding carboxylic acids is 2. The number of benzene rings is 1. The van der Waals surface area contributed by atoms with Crippen LogP contribution in [0.3, 0.4) is 0 Å². The summed E-state index contributed by atoms with van der Waals surface area (Å²) in [5.41, 5.74) is 1.94. The molecule has 0 radical (unpaired) electrons. The first-order valence-electron chi connectivity index (χ1n) is 11.1. The van der Waals surface area contributed by atoms with E-state index >= 15 is 0 Å². The molecule has 2 fully saturated rings. The lowest BCUT2D eigenvalue weighted by Crippen LogP contribution is -2.52. The van der Waals surface area contributed by atoms with Gasteiger partial charge in [-0.15, -0.1) is 11.3 Å². The lowest BCUT2D eigenvalue weighted by molar-refractivity contribution is -0.141. The highest BCUT2D eigenvalue weighted by molar-refractivity contribution is 7.13. The van der Waals surface area contributed by atoms with Crippen molar-refractivity contribution in [3.8, 4) is 10.4 Å². The van der Waals surface area contributed by atoms with Gasteiger partial charge in [-0.05, 0) is 68.0 Å². The molecule has 1 N–H and O–H groups in total. The van der Waals surface area contributed by atoms with Crippen LogP contribution in [0.15, 0.2) is 41.8 Å². The van der Waals surface area contributed by atoms with Gasteiger partial charge in [-0.1, -0.05) is 37.3 Å². The molecule has 2 aromatic rings. The Hall–Kier alpha value is -2.14. The predicted molar refractivity (Wildman–Crippen MR) is 122 cm³/mol. The number of rotatable bonds is 6. The van der Waals surface area contributed by atoms with Gasteiger partial charge in [-0.25, -0.2) is 0 Å². The predicted octanol–water partition coefficient (Wildman–Crippen LogP) is 4.75. The van der Waals surface area contributed by atoms with Crippen LogP contribution in [-0.2, 0) is 16.0 Å². The minimum Gasteiger partial charge on any atom is -0.353 e. The number of thiophene rings is 1. The fourth-order valence-electron chi connectivity index (χ4n) is 4.62. The summed E-state index contributed by atoms with van der Waals surface area (Å²) in [6, 6.07) is 12.9. The first kappa shape index (κ1) is 21.1. The lowest BCUT2D eigenvalue weighted by atomic mass is 9.72. The van der Waals surface area contributed by atoms with Crippen molar-refractivity contribution in [1.82, 2.24) is 10.2 Å². The van der Waals surface area contributed by atoms with Crippen LogP contribution in [0.5, 0.6) is 0 Å². The van der Waals surface area contributed by atoms with Crippen molar-refractivity contribution in [3.05, 3.63) is 47.3 Å². The Balaban J connectivity index is 1.53. The van der Waals surface area contributed by atoms with E-state index in [1.54, 1.807) is 11.3 Å². The maximum Gasteiger partial charge on any atom is 0.226 e. The highest BCUT2D eigenvalue weighted by Crippen LogP contribution is 2.42. The second-order valence-electron chi connectivity index (χ2n) is 9.41. The van der Waals surface area contributed by atoms with Gasteiger partial charge in [0.25, 0.3) is 0 Å². The van der Waals surface area contributed by atoms with E-state index in [0.29, 0.717) is 31.3 Å². The van der Waals surface area contributed by atoms with E-state index in [-0.39, 0.29) is 17.9 Å². The number of nitrogens with one attached hydrogen (secondary N) is 1. The zero-order chi connectivity index (χ0) is 21.3. The molecule has 1 aromatic carbocycles. The third-order valence-corrected chi connectivity index (χ3v) is 7.55. The van der Waals surface area contributed by atoms with Crippen molar-refractivity contribution in [2.24, 2.45) is 17.3 Å². The van der Waals surface area contributed by atoms with E-state index in [9.17, 15) is 9.59 Å². The summed E-state index contributed by atoms with van der Waals surface area (Å²) in [7, 11) is 0. The number of likely N-dealkylation sites (tertiary alicyclic amines) is 1. The monoisotopic (exact) mass is 424 g/mol. The summed E-state index contributed by atoms with van der Waals surface area (Å²) < 4.78 is 0. The van der Waals surface area contributed by atoms with Gasteiger partial charge < -0.3 is 10.2 Å². The molecule has 4 rings (SSSR count). The van der Waals surface area contributed by atoms with Gasteiger partial charge in [0.2, 0.25) is 11.8 Å². The standard InChI is InChI=1S/C25H32N2O2S/c1-17(2)26-24(29)25(9-11-27(12-10-25)23(28)21-14-18(21)3)16-19-6-4-7-20(15-19)22-8-5-13-30-22/h4-8,13,15,17-18,21H,9-12,14,16H2,1-3H3,(H,26,29). The minimum atomic E-state index is -0.454. The molecule has 2 unspecified atom stereocenters. The topological polar surface area (TPSA) is 49.4 Å². The molecule has 0 bridgehead atoms. The smallest absolute Gasteiger partial charge is 0.226 e. The van der Waals surface area contributed by atoms with Crippen LogP contribution in [0.2, 0.25) is 0 Å². The van der Waals surface area contributed by atoms with Crippen LogP contribution in [0.4, 0.5) is 0 Å². The van der Waals surface area contributed by atoms with Gasteiger partial charge in [0, 0.05) is 29.9 Å². The summed E-state index contributed by atoms with van der Waals surface area (Å²) in [5, 5.41) is 5.25. The van der Waals surface area contributed by atoms with Crippen LogP contribution in [-0.4, -0.2) is 35.8 Å². The van der Waals surface area contributed by atoms with Crippen LogP contribution in [0.1, 0.15) is 45.6 Å². The molecule has 1 aliphatic heterocycles. The molecule has 0 spiro atoms. The second-order valence-corrected chi connectivity index (χ2v) is 10.4. The fraction of sp³-hybridized carbons (Fsp3) is 0.520. The van der Waals surface area contributed by atoms with Gasteiger partial charge in [0.1, 0.15) is 0 Å². The Bertz CT molecular complexity index is 898. The first-order chi connectivity index (χ1) is 14.4. The molecule has 160 valence electrons. The summed E-state index contributed by atoms with van der Waals surface area (Å²) in [5.74, 6) is 1.16. The Morgan fingerprint density at radius 3 is 2.53 bits per heavy atom. The molecule has 2 aliphatic rings. The molecule has 1 aromatic heterocycles. The minimum absolute atomic E-state index is 0.110. The average molecular weight is 425 g/mol. The number of piperidine rings is 1. The third-order valence-electron chi connectivity index (χ3n) is 6.64. The summed E-state index contributed by atoms with van der Waals surface area (Å²) in [4.78, 5) is 29.2. The van der Waals surface area contributed by atoms with Gasteiger partial charge in [0.15, 0.2) is 0 Å². The molecule has 2 amide bonds. The molecule has 2 atom stereocenters. The maximum atomic E-state index is 13.3. The SMILES string of the molecule is CC(C)NC(=O)C1(Cc2cccc(-c3cccs3)c2)CCN(C(=O)C2CC2C)CC1. The number of hydrogen-bond donors (Lipinski definition) is 1. The van der Waals surface area contributed by atoms with Crippen LogP contribution in [0, 0.1) is 17.3 Å². The summed E-state index contributed by atoms with van der Waals surface area (Å²) >= 11 is 1.73. The molecule has 4 nitrogen and oxygen atoms in total. The molecule has 1 saturated carbocycles. The fourth-order valence-corrected chi connectivity index (χ4v) is 5.35.